The summed E-state index contributed by atoms with van der Waals surface area (Å²) >= 11 is 7.60. The summed E-state index contributed by atoms with van der Waals surface area (Å²) in [7, 11) is 1.53. The number of ether oxygens (including phenoxy) is 2. The van der Waals surface area contributed by atoms with Crippen LogP contribution in [0.5, 0.6) is 0 Å². The van der Waals surface area contributed by atoms with E-state index in [9.17, 15) is 9.59 Å². The molecule has 0 saturated carbocycles. The van der Waals surface area contributed by atoms with Crippen LogP contribution in [0.1, 0.15) is 40.5 Å². The van der Waals surface area contributed by atoms with Crippen LogP contribution in [-0.2, 0) is 9.47 Å². The third-order valence-electron chi connectivity index (χ3n) is 5.05. The number of nitrogens with zero attached hydrogens (tertiary/aromatic N) is 2. The number of aromatic amines is 1. The Labute approximate surface area is 195 Å². The zero-order valence-corrected chi connectivity index (χ0v) is 20.1. The van der Waals surface area contributed by atoms with Crippen molar-refractivity contribution in [1.29, 1.82) is 0 Å². The predicted octanol–water partition coefficient (Wildman–Crippen LogP) is 4.68. The first-order valence-electron chi connectivity index (χ1n) is 10.3. The lowest BCUT2D eigenvalue weighted by atomic mass is 10.1. The molecular formula is C23H26ClN3O4S. The maximum Gasteiger partial charge on any atom is 0.348 e. The number of nitrogens with one attached hydrogen (secondary N) is 1. The molecule has 1 N–H and O–H groups in total. The van der Waals surface area contributed by atoms with Crippen LogP contribution in [0.3, 0.4) is 0 Å². The van der Waals surface area contributed by atoms with Gasteiger partial charge in [0.15, 0.2) is 5.82 Å². The van der Waals surface area contributed by atoms with E-state index in [1.165, 1.54) is 7.11 Å². The summed E-state index contributed by atoms with van der Waals surface area (Å²) in [6.07, 6.45) is 1.75. The number of esters is 1. The van der Waals surface area contributed by atoms with E-state index in [4.69, 9.17) is 21.1 Å². The summed E-state index contributed by atoms with van der Waals surface area (Å²) in [5.41, 5.74) is 2.21. The Morgan fingerprint density at radius 2 is 1.91 bits per heavy atom. The molecule has 0 radical (unpaired) electrons. The van der Waals surface area contributed by atoms with Gasteiger partial charge in [-0.2, -0.15) is 0 Å². The average Bonchev–Trinajstić information content (AvgIpc) is 3.12. The van der Waals surface area contributed by atoms with E-state index in [0.717, 1.165) is 35.7 Å². The number of aryl methyl sites for hydroxylation is 1. The normalized spacial score (nSPS) is 11.7. The lowest BCUT2D eigenvalue weighted by molar-refractivity contribution is 0.0393. The van der Waals surface area contributed by atoms with E-state index < -0.39 is 5.97 Å². The Hall–Kier alpha value is -2.68. The van der Waals surface area contributed by atoms with E-state index in [0.29, 0.717) is 32.3 Å². The molecule has 0 aliphatic rings. The molecule has 3 rings (SSSR count). The van der Waals surface area contributed by atoms with E-state index in [1.54, 1.807) is 13.0 Å². The minimum atomic E-state index is -0.501. The zero-order chi connectivity index (χ0) is 23.3. The second-order valence-electron chi connectivity index (χ2n) is 7.04. The van der Waals surface area contributed by atoms with Crippen LogP contribution >= 0.6 is 22.9 Å². The Morgan fingerprint density at radius 1 is 1.22 bits per heavy atom. The third-order valence-corrected chi connectivity index (χ3v) is 6.50. The molecule has 170 valence electrons. The highest BCUT2D eigenvalue weighted by Crippen LogP contribution is 2.29. The standard InChI is InChI=1S/C23H26ClN3O4S/c1-5-27(6-2)16-9-7-15(8-10-16)13-17(24)20-25-21(28)18-14(3)19(32-22(18)26-20)23(29)31-12-11-30-4/h7-10,13H,5-6,11-12H2,1-4H3,(H,25,26,28)/b17-13-. The van der Waals surface area contributed by atoms with Crippen molar-refractivity contribution in [2.24, 2.45) is 0 Å². The minimum Gasteiger partial charge on any atom is -0.459 e. The minimum absolute atomic E-state index is 0.139. The number of thiophene rings is 1. The van der Waals surface area contributed by atoms with Gasteiger partial charge < -0.3 is 19.4 Å². The number of hydrogen-bond acceptors (Lipinski definition) is 7. The van der Waals surface area contributed by atoms with E-state index in [-0.39, 0.29) is 18.0 Å². The molecule has 0 bridgehead atoms. The highest BCUT2D eigenvalue weighted by atomic mass is 35.5. The van der Waals surface area contributed by atoms with Gasteiger partial charge in [0.05, 0.1) is 17.0 Å². The van der Waals surface area contributed by atoms with Crippen molar-refractivity contribution >= 4 is 55.9 Å². The summed E-state index contributed by atoms with van der Waals surface area (Å²) in [5, 5.41) is 0.667. The van der Waals surface area contributed by atoms with Crippen LogP contribution in [0.4, 0.5) is 5.69 Å². The number of hydrogen-bond donors (Lipinski definition) is 1. The van der Waals surface area contributed by atoms with Crippen LogP contribution in [0, 0.1) is 6.92 Å². The smallest absolute Gasteiger partial charge is 0.348 e. The average molecular weight is 476 g/mol. The Balaban J connectivity index is 1.90. The third kappa shape index (κ3) is 5.20. The first-order valence-corrected chi connectivity index (χ1v) is 11.5. The summed E-state index contributed by atoms with van der Waals surface area (Å²) < 4.78 is 10.1. The van der Waals surface area contributed by atoms with Gasteiger partial charge in [-0.15, -0.1) is 11.3 Å². The number of fused-ring (bicyclic) bond motifs is 1. The van der Waals surface area contributed by atoms with Crippen LogP contribution in [0.2, 0.25) is 0 Å². The second-order valence-corrected chi connectivity index (χ2v) is 8.44. The van der Waals surface area contributed by atoms with Crippen molar-refractivity contribution in [1.82, 2.24) is 9.97 Å². The number of carbonyl (C=O) groups excluding carboxylic acids is 1. The molecular weight excluding hydrogens is 450 g/mol. The largest absolute Gasteiger partial charge is 0.459 e. The molecule has 0 aliphatic heterocycles. The zero-order valence-electron chi connectivity index (χ0n) is 18.5. The molecule has 0 spiro atoms. The van der Waals surface area contributed by atoms with E-state index in [2.05, 4.69) is 28.7 Å². The predicted molar refractivity (Wildman–Crippen MR) is 131 cm³/mol. The van der Waals surface area contributed by atoms with E-state index in [1.807, 2.05) is 24.3 Å². The fraction of sp³-hybridized carbons (Fsp3) is 0.348. The number of aromatic nitrogens is 2. The molecule has 0 saturated heterocycles. The molecule has 0 atom stereocenters. The number of halogens is 1. The van der Waals surface area contributed by atoms with Gasteiger partial charge >= 0.3 is 5.97 Å². The monoisotopic (exact) mass is 475 g/mol. The Kier molecular flexibility index (Phi) is 8.06. The van der Waals surface area contributed by atoms with Crippen LogP contribution in [0.25, 0.3) is 21.3 Å². The molecule has 1 aromatic carbocycles. The highest BCUT2D eigenvalue weighted by Gasteiger charge is 2.21. The van der Waals surface area contributed by atoms with Crippen LogP contribution in [-0.4, -0.2) is 49.4 Å². The maximum atomic E-state index is 12.7. The SMILES string of the molecule is CCN(CC)c1ccc(/C=C(\Cl)c2nc3sc(C(=O)OCCOC)c(C)c3c(=O)[nH]2)cc1. The van der Waals surface area contributed by atoms with Gasteiger partial charge in [-0.05, 0) is 50.1 Å². The second kappa shape index (κ2) is 10.8. The van der Waals surface area contributed by atoms with Gasteiger partial charge in [-0.3, -0.25) is 4.79 Å². The van der Waals surface area contributed by atoms with Crippen molar-refractivity contribution in [3.8, 4) is 0 Å². The van der Waals surface area contributed by atoms with Crippen molar-refractivity contribution < 1.29 is 14.3 Å². The number of carbonyl (C=O) groups is 1. The fourth-order valence-corrected chi connectivity index (χ4v) is 4.61. The van der Waals surface area contributed by atoms with Gasteiger partial charge in [0, 0.05) is 25.9 Å². The van der Waals surface area contributed by atoms with Crippen molar-refractivity contribution in [3.63, 3.8) is 0 Å². The number of rotatable bonds is 9. The molecule has 2 heterocycles. The molecule has 9 heteroatoms. The van der Waals surface area contributed by atoms with Gasteiger partial charge in [0.2, 0.25) is 0 Å². The fourth-order valence-electron chi connectivity index (χ4n) is 3.32. The van der Waals surface area contributed by atoms with Gasteiger partial charge in [0.25, 0.3) is 5.56 Å². The summed E-state index contributed by atoms with van der Waals surface area (Å²) in [4.78, 5) is 35.3. The van der Waals surface area contributed by atoms with Gasteiger partial charge in [-0.1, -0.05) is 23.7 Å². The van der Waals surface area contributed by atoms with Gasteiger partial charge in [-0.25, -0.2) is 9.78 Å². The molecule has 0 fully saturated rings. The molecule has 0 amide bonds. The molecule has 3 aromatic rings. The summed E-state index contributed by atoms with van der Waals surface area (Å²) in [6.45, 7) is 8.23. The molecule has 0 aliphatic carbocycles. The lowest BCUT2D eigenvalue weighted by Crippen LogP contribution is -2.21. The number of H-pyrrole nitrogens is 1. The Bertz CT molecular complexity index is 1180. The first-order chi connectivity index (χ1) is 15.4. The van der Waals surface area contributed by atoms with Gasteiger partial charge in [0.1, 0.15) is 16.3 Å². The maximum absolute atomic E-state index is 12.7. The molecule has 32 heavy (non-hydrogen) atoms. The van der Waals surface area contributed by atoms with Crippen molar-refractivity contribution in [3.05, 3.63) is 56.4 Å². The topological polar surface area (TPSA) is 84.5 Å². The van der Waals surface area contributed by atoms with E-state index >= 15 is 0 Å². The van der Waals surface area contributed by atoms with Crippen molar-refractivity contribution in [2.75, 3.05) is 38.3 Å². The molecule has 2 aromatic heterocycles. The first kappa shape index (κ1) is 24.0. The number of methoxy groups -OCH3 is 1. The summed E-state index contributed by atoms with van der Waals surface area (Å²) in [5.74, 6) is -0.254. The quantitative estimate of drug-likeness (QED) is 0.357. The Morgan fingerprint density at radius 3 is 2.53 bits per heavy atom. The number of anilines is 1. The van der Waals surface area contributed by atoms with Crippen molar-refractivity contribution in [2.45, 2.75) is 20.8 Å². The summed E-state index contributed by atoms with van der Waals surface area (Å²) in [6, 6.07) is 8.01. The number of benzene rings is 1. The molecule has 0 unspecified atom stereocenters. The highest BCUT2D eigenvalue weighted by molar-refractivity contribution is 7.20. The molecule has 7 nitrogen and oxygen atoms in total. The van der Waals surface area contributed by atoms with Crippen LogP contribution in [0.15, 0.2) is 29.1 Å². The lowest BCUT2D eigenvalue weighted by Gasteiger charge is -2.20. The van der Waals surface area contributed by atoms with Crippen LogP contribution < -0.4 is 10.5 Å².